The van der Waals surface area contributed by atoms with Gasteiger partial charge in [-0.05, 0) is 28.8 Å². The minimum Gasteiger partial charge on any atom is -0.476 e. The van der Waals surface area contributed by atoms with Gasteiger partial charge in [-0.1, -0.05) is 26.0 Å². The number of carboxylic acids is 1. The van der Waals surface area contributed by atoms with Crippen LogP contribution in [0.1, 0.15) is 42.5 Å². The zero-order valence-corrected chi connectivity index (χ0v) is 12.1. The van der Waals surface area contributed by atoms with E-state index in [1.54, 1.807) is 16.0 Å². The maximum absolute atomic E-state index is 11.2. The Kier molecular flexibility index (Phi) is 3.71. The quantitative estimate of drug-likeness (QED) is 0.934. The van der Waals surface area contributed by atoms with Crippen molar-refractivity contribution in [2.75, 3.05) is 0 Å². The Bertz CT molecular complexity index is 567. The smallest absolute Gasteiger partial charge is 0.358 e. The highest BCUT2D eigenvalue weighted by Gasteiger charge is 2.28. The van der Waals surface area contributed by atoms with E-state index in [-0.39, 0.29) is 11.1 Å². The maximum atomic E-state index is 11.2. The Labute approximate surface area is 115 Å². The molecule has 0 radical (unpaired) electrons. The van der Waals surface area contributed by atoms with E-state index in [0.717, 1.165) is 6.42 Å². The van der Waals surface area contributed by atoms with Gasteiger partial charge in [0.2, 0.25) is 0 Å². The number of hydrogen-bond acceptors (Lipinski definition) is 4. The normalized spacial score (nSPS) is 11.7. The van der Waals surface area contributed by atoms with Gasteiger partial charge in [0.15, 0.2) is 5.69 Å². The fourth-order valence-corrected chi connectivity index (χ4v) is 2.73. The Hall–Kier alpha value is -1.69. The second-order valence-corrected chi connectivity index (χ2v) is 6.23. The fourth-order valence-electron chi connectivity index (χ4n) is 2.03. The van der Waals surface area contributed by atoms with Gasteiger partial charge in [0.05, 0.1) is 5.69 Å². The van der Waals surface area contributed by atoms with Crippen LogP contribution in [-0.4, -0.2) is 26.1 Å². The van der Waals surface area contributed by atoms with Crippen LogP contribution in [0.25, 0.3) is 0 Å². The molecule has 2 aromatic rings. The summed E-state index contributed by atoms with van der Waals surface area (Å²) in [5, 5.41) is 21.1. The van der Waals surface area contributed by atoms with Crippen LogP contribution in [0, 0.1) is 0 Å². The van der Waals surface area contributed by atoms with Crippen LogP contribution in [-0.2, 0) is 18.4 Å². The van der Waals surface area contributed by atoms with E-state index in [4.69, 9.17) is 0 Å². The highest BCUT2D eigenvalue weighted by Crippen LogP contribution is 2.25. The molecule has 0 aromatic carbocycles. The van der Waals surface area contributed by atoms with Crippen LogP contribution >= 0.6 is 11.3 Å². The molecule has 0 bridgehead atoms. The van der Waals surface area contributed by atoms with Crippen molar-refractivity contribution >= 4 is 17.3 Å². The molecule has 1 N–H and O–H groups in total. The second kappa shape index (κ2) is 5.13. The number of rotatable bonds is 4. The summed E-state index contributed by atoms with van der Waals surface area (Å²) in [7, 11) is 0. The van der Waals surface area contributed by atoms with Crippen LogP contribution in [0.4, 0.5) is 0 Å². The number of aromatic nitrogens is 3. The summed E-state index contributed by atoms with van der Waals surface area (Å²) in [6.07, 6.45) is 0.828. The average molecular weight is 279 g/mol. The summed E-state index contributed by atoms with van der Waals surface area (Å²) < 4.78 is 1.71. The van der Waals surface area contributed by atoms with E-state index in [9.17, 15) is 9.90 Å². The number of aromatic carboxylic acids is 1. The minimum absolute atomic E-state index is 0.0535. The molecular formula is C13H17N3O2S. The van der Waals surface area contributed by atoms with Crippen molar-refractivity contribution in [1.29, 1.82) is 0 Å². The first kappa shape index (κ1) is 13.7. The van der Waals surface area contributed by atoms with Crippen molar-refractivity contribution in [3.05, 3.63) is 33.8 Å². The number of carboxylic acid groups (broad SMARTS) is 1. The molecule has 6 heteroatoms. The van der Waals surface area contributed by atoms with Gasteiger partial charge in [-0.3, -0.25) is 0 Å². The second-order valence-electron chi connectivity index (χ2n) is 5.45. The zero-order chi connectivity index (χ0) is 14.0. The summed E-state index contributed by atoms with van der Waals surface area (Å²) in [6.45, 7) is 6.56. The van der Waals surface area contributed by atoms with Crippen molar-refractivity contribution in [2.45, 2.75) is 39.2 Å². The molecule has 102 valence electrons. The number of thiophene rings is 1. The van der Waals surface area contributed by atoms with Gasteiger partial charge in [0, 0.05) is 12.0 Å². The Morgan fingerprint density at radius 1 is 1.47 bits per heavy atom. The van der Waals surface area contributed by atoms with Gasteiger partial charge in [0.25, 0.3) is 0 Å². The fraction of sp³-hybridized carbons (Fsp3) is 0.462. The van der Waals surface area contributed by atoms with Crippen molar-refractivity contribution in [3.8, 4) is 0 Å². The topological polar surface area (TPSA) is 68.0 Å². The molecule has 0 aliphatic rings. The third-order valence-corrected chi connectivity index (χ3v) is 3.57. The first-order valence-electron chi connectivity index (χ1n) is 6.08. The molecule has 0 atom stereocenters. The summed E-state index contributed by atoms with van der Waals surface area (Å²) in [5.74, 6) is -1.02. The van der Waals surface area contributed by atoms with Gasteiger partial charge in [-0.25, -0.2) is 9.48 Å². The molecule has 0 aliphatic carbocycles. The Balaban J connectivity index is 2.27. The third kappa shape index (κ3) is 3.01. The van der Waals surface area contributed by atoms with Crippen LogP contribution in [0.3, 0.4) is 0 Å². The van der Waals surface area contributed by atoms with Gasteiger partial charge in [0.1, 0.15) is 0 Å². The molecule has 0 saturated carbocycles. The lowest BCUT2D eigenvalue weighted by atomic mass is 9.90. The first-order chi connectivity index (χ1) is 8.89. The van der Waals surface area contributed by atoms with Crippen LogP contribution in [0.15, 0.2) is 16.8 Å². The number of hydrogen-bond donors (Lipinski definition) is 1. The van der Waals surface area contributed by atoms with E-state index < -0.39 is 5.97 Å². The molecule has 0 unspecified atom stereocenters. The van der Waals surface area contributed by atoms with Crippen LogP contribution < -0.4 is 0 Å². The lowest BCUT2D eigenvalue weighted by Gasteiger charge is -2.20. The summed E-state index contributed by atoms with van der Waals surface area (Å²) in [5.41, 5.74) is 1.66. The van der Waals surface area contributed by atoms with Crippen molar-refractivity contribution in [3.63, 3.8) is 0 Å². The predicted molar refractivity (Wildman–Crippen MR) is 73.7 cm³/mol. The van der Waals surface area contributed by atoms with E-state index in [0.29, 0.717) is 12.2 Å². The zero-order valence-electron chi connectivity index (χ0n) is 11.3. The van der Waals surface area contributed by atoms with E-state index in [2.05, 4.69) is 21.8 Å². The van der Waals surface area contributed by atoms with Crippen LogP contribution in [0.5, 0.6) is 0 Å². The molecule has 5 nitrogen and oxygen atoms in total. The average Bonchev–Trinajstić information content (AvgIpc) is 2.94. The van der Waals surface area contributed by atoms with E-state index >= 15 is 0 Å². The minimum atomic E-state index is -1.02. The standard InChI is InChI=1S/C13H17N3O2S/c1-13(2,3)11-10(12(17)18)14-15-16(11)6-4-9-5-7-19-8-9/h5,7-8H,4,6H2,1-3H3,(H,17,18). The number of nitrogens with zero attached hydrogens (tertiary/aromatic N) is 3. The van der Waals surface area contributed by atoms with E-state index in [1.807, 2.05) is 26.2 Å². The monoisotopic (exact) mass is 279 g/mol. The van der Waals surface area contributed by atoms with Crippen LogP contribution in [0.2, 0.25) is 0 Å². The maximum Gasteiger partial charge on any atom is 0.358 e. The van der Waals surface area contributed by atoms with Gasteiger partial charge < -0.3 is 5.11 Å². The molecule has 0 saturated heterocycles. The molecule has 0 aliphatic heterocycles. The van der Waals surface area contributed by atoms with Crippen molar-refractivity contribution in [2.24, 2.45) is 0 Å². The van der Waals surface area contributed by atoms with Gasteiger partial charge in [-0.2, -0.15) is 11.3 Å². The molecule has 0 fully saturated rings. The highest BCUT2D eigenvalue weighted by atomic mass is 32.1. The lowest BCUT2D eigenvalue weighted by Crippen LogP contribution is -2.22. The predicted octanol–water partition coefficient (Wildman–Crippen LogP) is 2.58. The number of carbonyl (C=O) groups is 1. The Morgan fingerprint density at radius 3 is 2.74 bits per heavy atom. The Morgan fingerprint density at radius 2 is 2.21 bits per heavy atom. The molecule has 0 amide bonds. The molecule has 19 heavy (non-hydrogen) atoms. The van der Waals surface area contributed by atoms with Gasteiger partial charge in [-0.15, -0.1) is 5.10 Å². The molecule has 2 heterocycles. The molecular weight excluding hydrogens is 262 g/mol. The summed E-state index contributed by atoms with van der Waals surface area (Å²) >= 11 is 1.66. The molecule has 0 spiro atoms. The summed E-state index contributed by atoms with van der Waals surface area (Å²) in [6, 6.07) is 2.07. The highest BCUT2D eigenvalue weighted by molar-refractivity contribution is 7.07. The lowest BCUT2D eigenvalue weighted by molar-refractivity contribution is 0.0687. The van der Waals surface area contributed by atoms with Gasteiger partial charge >= 0.3 is 5.97 Å². The van der Waals surface area contributed by atoms with E-state index in [1.165, 1.54) is 5.56 Å². The third-order valence-electron chi connectivity index (χ3n) is 2.84. The van der Waals surface area contributed by atoms with Crippen molar-refractivity contribution < 1.29 is 9.90 Å². The molecule has 2 rings (SSSR count). The SMILES string of the molecule is CC(C)(C)c1c(C(=O)O)nnn1CCc1ccsc1. The summed E-state index contributed by atoms with van der Waals surface area (Å²) in [4.78, 5) is 11.2. The molecule has 2 aromatic heterocycles. The van der Waals surface area contributed by atoms with Crippen molar-refractivity contribution in [1.82, 2.24) is 15.0 Å². The largest absolute Gasteiger partial charge is 0.476 e. The first-order valence-corrected chi connectivity index (χ1v) is 7.02. The number of aryl methyl sites for hydroxylation is 2.